The van der Waals surface area contributed by atoms with E-state index in [-0.39, 0.29) is 0 Å². The smallest absolute Gasteiger partial charge is 0.0334 e. The summed E-state index contributed by atoms with van der Waals surface area (Å²) in [5.74, 6) is 0. The number of nitrogens with zero attached hydrogens (tertiary/aromatic N) is 3. The number of aromatic nitrogens is 1. The molecule has 104 valence electrons. The van der Waals surface area contributed by atoms with Crippen LogP contribution in [-0.4, -0.2) is 47.0 Å². The summed E-state index contributed by atoms with van der Waals surface area (Å²) in [6.07, 6.45) is 10.7. The lowest BCUT2D eigenvalue weighted by molar-refractivity contribution is -0.00234. The maximum atomic E-state index is 4.23. The van der Waals surface area contributed by atoms with Crippen molar-refractivity contribution in [2.45, 2.75) is 44.2 Å². The Labute approximate surface area is 116 Å². The Bertz CT molecular complexity index is 402. The number of pyridine rings is 1. The Kier molecular flexibility index (Phi) is 3.85. The van der Waals surface area contributed by atoms with E-state index < -0.39 is 0 Å². The van der Waals surface area contributed by atoms with Crippen LogP contribution in [0.25, 0.3) is 0 Å². The van der Waals surface area contributed by atoms with Crippen LogP contribution in [0.1, 0.15) is 37.7 Å². The van der Waals surface area contributed by atoms with E-state index in [4.69, 9.17) is 0 Å². The molecule has 0 saturated carbocycles. The molecule has 0 aliphatic carbocycles. The van der Waals surface area contributed by atoms with E-state index in [2.05, 4.69) is 27.9 Å². The number of likely N-dealkylation sites (tertiary alicyclic amines) is 2. The Hall–Kier alpha value is -0.930. The van der Waals surface area contributed by atoms with Crippen molar-refractivity contribution in [3.05, 3.63) is 30.1 Å². The maximum absolute atomic E-state index is 4.23. The first-order valence-electron chi connectivity index (χ1n) is 7.61. The summed E-state index contributed by atoms with van der Waals surface area (Å²) in [6, 6.07) is 4.24. The van der Waals surface area contributed by atoms with Gasteiger partial charge >= 0.3 is 0 Å². The fourth-order valence-electron chi connectivity index (χ4n) is 3.84. The zero-order valence-electron chi connectivity index (χ0n) is 12.0. The number of rotatable bonds is 2. The maximum Gasteiger partial charge on any atom is 0.0334 e. The Morgan fingerprint density at radius 2 is 2.11 bits per heavy atom. The van der Waals surface area contributed by atoms with Gasteiger partial charge < -0.3 is 0 Å². The van der Waals surface area contributed by atoms with Gasteiger partial charge in [-0.2, -0.15) is 0 Å². The first-order valence-corrected chi connectivity index (χ1v) is 7.61. The predicted octanol–water partition coefficient (Wildman–Crippen LogP) is 2.53. The molecular weight excluding hydrogens is 234 g/mol. The van der Waals surface area contributed by atoms with Gasteiger partial charge in [0.25, 0.3) is 0 Å². The van der Waals surface area contributed by atoms with Gasteiger partial charge in [0, 0.05) is 31.0 Å². The van der Waals surface area contributed by atoms with Gasteiger partial charge in [0.05, 0.1) is 0 Å². The molecule has 2 aliphatic heterocycles. The summed E-state index contributed by atoms with van der Waals surface area (Å²) in [4.78, 5) is 9.49. The van der Waals surface area contributed by atoms with Crippen molar-refractivity contribution in [3.8, 4) is 0 Å². The van der Waals surface area contributed by atoms with Gasteiger partial charge in [0.1, 0.15) is 0 Å². The molecule has 0 aromatic carbocycles. The van der Waals surface area contributed by atoms with Crippen molar-refractivity contribution < 1.29 is 0 Å². The molecule has 1 aromatic heterocycles. The second-order valence-electron chi connectivity index (χ2n) is 6.28. The van der Waals surface area contributed by atoms with E-state index in [1.54, 1.807) is 0 Å². The summed E-state index contributed by atoms with van der Waals surface area (Å²) in [6.45, 7) is 4.81. The van der Waals surface area contributed by atoms with Crippen LogP contribution in [0.15, 0.2) is 24.5 Å². The molecule has 0 amide bonds. The van der Waals surface area contributed by atoms with Crippen molar-refractivity contribution in [2.24, 2.45) is 0 Å². The minimum absolute atomic E-state index is 0.457. The highest BCUT2D eigenvalue weighted by molar-refractivity contribution is 5.09. The predicted molar refractivity (Wildman–Crippen MR) is 78.0 cm³/mol. The number of hydrogen-bond donors (Lipinski definition) is 0. The second kappa shape index (κ2) is 5.59. The van der Waals surface area contributed by atoms with E-state index in [9.17, 15) is 0 Å². The lowest BCUT2D eigenvalue weighted by Crippen LogP contribution is -2.59. The van der Waals surface area contributed by atoms with E-state index >= 15 is 0 Å². The number of likely N-dealkylation sites (N-methyl/N-ethyl adjacent to an activating group) is 1. The molecule has 1 spiro atoms. The highest BCUT2D eigenvalue weighted by atomic mass is 15.3. The largest absolute Gasteiger partial charge is 0.299 e. The summed E-state index contributed by atoms with van der Waals surface area (Å²) >= 11 is 0. The Morgan fingerprint density at radius 3 is 2.89 bits per heavy atom. The van der Waals surface area contributed by atoms with Crippen molar-refractivity contribution in [2.75, 3.05) is 26.7 Å². The molecule has 0 N–H and O–H groups in total. The molecule has 3 rings (SSSR count). The SMILES string of the molecule is CN1CCCCC12CCCN(Cc1cccnc1)C2. The molecule has 0 radical (unpaired) electrons. The summed E-state index contributed by atoms with van der Waals surface area (Å²) < 4.78 is 0. The highest BCUT2D eigenvalue weighted by Gasteiger charge is 2.39. The average molecular weight is 259 g/mol. The molecule has 3 heterocycles. The van der Waals surface area contributed by atoms with Crippen LogP contribution < -0.4 is 0 Å². The quantitative estimate of drug-likeness (QED) is 0.813. The summed E-state index contributed by atoms with van der Waals surface area (Å²) in [7, 11) is 2.33. The standard InChI is InChI=1S/C16H25N3/c1-18-10-3-2-7-16(18)8-5-11-19(14-16)13-15-6-4-9-17-12-15/h4,6,9,12H,2-3,5,7-8,10-11,13-14H2,1H3. The van der Waals surface area contributed by atoms with E-state index in [1.165, 1.54) is 57.3 Å². The van der Waals surface area contributed by atoms with Crippen LogP contribution >= 0.6 is 0 Å². The number of piperidine rings is 2. The highest BCUT2D eigenvalue weighted by Crippen LogP contribution is 2.35. The minimum Gasteiger partial charge on any atom is -0.299 e. The zero-order valence-corrected chi connectivity index (χ0v) is 12.0. The zero-order chi connectivity index (χ0) is 13.1. The monoisotopic (exact) mass is 259 g/mol. The normalized spacial score (nSPS) is 29.7. The first-order chi connectivity index (χ1) is 9.28. The van der Waals surface area contributed by atoms with Crippen LogP contribution in [0.5, 0.6) is 0 Å². The van der Waals surface area contributed by atoms with Crippen molar-refractivity contribution >= 4 is 0 Å². The first kappa shape index (κ1) is 13.1. The Balaban J connectivity index is 1.67. The third-order valence-electron chi connectivity index (χ3n) is 4.96. The second-order valence-corrected chi connectivity index (χ2v) is 6.28. The van der Waals surface area contributed by atoms with Crippen LogP contribution in [0.3, 0.4) is 0 Å². The topological polar surface area (TPSA) is 19.4 Å². The molecule has 0 bridgehead atoms. The van der Waals surface area contributed by atoms with Gasteiger partial charge in [0.2, 0.25) is 0 Å². The molecule has 1 unspecified atom stereocenters. The fraction of sp³-hybridized carbons (Fsp3) is 0.688. The molecule has 2 aliphatic rings. The third kappa shape index (κ3) is 2.82. The van der Waals surface area contributed by atoms with Crippen molar-refractivity contribution in [1.82, 2.24) is 14.8 Å². The molecular formula is C16H25N3. The fourth-order valence-corrected chi connectivity index (χ4v) is 3.84. The van der Waals surface area contributed by atoms with Crippen LogP contribution in [0.4, 0.5) is 0 Å². The van der Waals surface area contributed by atoms with Gasteiger partial charge in [-0.15, -0.1) is 0 Å². The van der Waals surface area contributed by atoms with Gasteiger partial charge in [-0.05, 0) is 57.5 Å². The molecule has 3 heteroatoms. The molecule has 19 heavy (non-hydrogen) atoms. The molecule has 1 aromatic rings. The lowest BCUT2D eigenvalue weighted by atomic mass is 9.80. The van der Waals surface area contributed by atoms with Crippen molar-refractivity contribution in [3.63, 3.8) is 0 Å². The molecule has 2 saturated heterocycles. The molecule has 1 atom stereocenters. The summed E-state index contributed by atoms with van der Waals surface area (Å²) in [5, 5.41) is 0. The van der Waals surface area contributed by atoms with Gasteiger partial charge in [-0.1, -0.05) is 12.5 Å². The average Bonchev–Trinajstić information content (AvgIpc) is 2.44. The number of hydrogen-bond acceptors (Lipinski definition) is 3. The summed E-state index contributed by atoms with van der Waals surface area (Å²) in [5.41, 5.74) is 1.80. The Morgan fingerprint density at radius 1 is 1.21 bits per heavy atom. The van der Waals surface area contributed by atoms with Crippen molar-refractivity contribution in [1.29, 1.82) is 0 Å². The molecule has 2 fully saturated rings. The van der Waals surface area contributed by atoms with E-state index in [0.29, 0.717) is 5.54 Å². The van der Waals surface area contributed by atoms with Crippen LogP contribution in [0.2, 0.25) is 0 Å². The van der Waals surface area contributed by atoms with Gasteiger partial charge in [-0.25, -0.2) is 0 Å². The van der Waals surface area contributed by atoms with Crippen LogP contribution in [0, 0.1) is 0 Å². The van der Waals surface area contributed by atoms with E-state index in [0.717, 1.165) is 6.54 Å². The van der Waals surface area contributed by atoms with Crippen LogP contribution in [-0.2, 0) is 6.54 Å². The van der Waals surface area contributed by atoms with Gasteiger partial charge in [-0.3, -0.25) is 14.8 Å². The minimum atomic E-state index is 0.457. The van der Waals surface area contributed by atoms with E-state index in [1.807, 2.05) is 18.5 Å². The molecule has 3 nitrogen and oxygen atoms in total. The third-order valence-corrected chi connectivity index (χ3v) is 4.96. The lowest BCUT2D eigenvalue weighted by Gasteiger charge is -2.51. The van der Waals surface area contributed by atoms with Gasteiger partial charge in [0.15, 0.2) is 0 Å².